The highest BCUT2D eigenvalue weighted by Gasteiger charge is 2.14. The summed E-state index contributed by atoms with van der Waals surface area (Å²) in [5.41, 5.74) is 2.03. The molecule has 1 N–H and O–H groups in total. The van der Waals surface area contributed by atoms with E-state index in [4.69, 9.17) is 0 Å². The van der Waals surface area contributed by atoms with Crippen LogP contribution in [0, 0.1) is 6.92 Å². The molecule has 0 saturated heterocycles. The quantitative estimate of drug-likeness (QED) is 0.848. The molecule has 0 fully saturated rings. The van der Waals surface area contributed by atoms with Gasteiger partial charge in [-0.25, -0.2) is 0 Å². The van der Waals surface area contributed by atoms with Gasteiger partial charge in [-0.3, -0.25) is 4.79 Å². The first-order valence-corrected chi connectivity index (χ1v) is 7.12. The van der Waals surface area contributed by atoms with Crippen LogP contribution in [0.1, 0.15) is 12.5 Å². The Labute approximate surface area is 118 Å². The molecule has 19 heavy (non-hydrogen) atoms. The second-order valence-electron chi connectivity index (χ2n) is 4.43. The van der Waals surface area contributed by atoms with E-state index in [9.17, 15) is 4.79 Å². The van der Waals surface area contributed by atoms with Crippen LogP contribution < -0.4 is 5.32 Å². The number of hydrogen-bond donors (Lipinski definition) is 1. The Balaban J connectivity index is 1.94. The van der Waals surface area contributed by atoms with Crippen LogP contribution in [0.25, 0.3) is 0 Å². The van der Waals surface area contributed by atoms with Gasteiger partial charge in [0.05, 0.1) is 5.25 Å². The van der Waals surface area contributed by atoms with Gasteiger partial charge in [-0.05, 0) is 38.1 Å². The molecule has 0 saturated carbocycles. The van der Waals surface area contributed by atoms with E-state index in [1.807, 2.05) is 68.4 Å². The van der Waals surface area contributed by atoms with E-state index in [0.717, 1.165) is 10.6 Å². The molecule has 0 radical (unpaired) electrons. The maximum Gasteiger partial charge on any atom is 0.237 e. The summed E-state index contributed by atoms with van der Waals surface area (Å²) in [7, 11) is 0. The van der Waals surface area contributed by atoms with Crippen LogP contribution in [-0.2, 0) is 4.79 Å². The van der Waals surface area contributed by atoms with E-state index in [2.05, 4.69) is 5.32 Å². The van der Waals surface area contributed by atoms with E-state index in [1.165, 1.54) is 5.56 Å². The molecule has 1 atom stereocenters. The van der Waals surface area contributed by atoms with E-state index in [1.54, 1.807) is 11.8 Å². The van der Waals surface area contributed by atoms with Gasteiger partial charge in [0.25, 0.3) is 0 Å². The Morgan fingerprint density at radius 2 is 1.68 bits per heavy atom. The Kier molecular flexibility index (Phi) is 4.63. The highest BCUT2D eigenvalue weighted by Crippen LogP contribution is 2.23. The average molecular weight is 271 g/mol. The zero-order chi connectivity index (χ0) is 13.7. The lowest BCUT2D eigenvalue weighted by molar-refractivity contribution is -0.115. The molecule has 0 bridgehead atoms. The van der Waals surface area contributed by atoms with Crippen LogP contribution >= 0.6 is 11.8 Å². The van der Waals surface area contributed by atoms with Crippen molar-refractivity contribution in [1.29, 1.82) is 0 Å². The van der Waals surface area contributed by atoms with Crippen LogP contribution in [0.15, 0.2) is 59.5 Å². The Hall–Kier alpha value is -1.74. The van der Waals surface area contributed by atoms with Crippen molar-refractivity contribution in [3.05, 3.63) is 60.2 Å². The smallest absolute Gasteiger partial charge is 0.237 e. The highest BCUT2D eigenvalue weighted by molar-refractivity contribution is 8.00. The minimum Gasteiger partial charge on any atom is -0.325 e. The summed E-state index contributed by atoms with van der Waals surface area (Å²) >= 11 is 1.56. The molecule has 2 nitrogen and oxygen atoms in total. The van der Waals surface area contributed by atoms with Gasteiger partial charge in [-0.15, -0.1) is 11.8 Å². The van der Waals surface area contributed by atoms with Crippen molar-refractivity contribution in [2.24, 2.45) is 0 Å². The Morgan fingerprint density at radius 1 is 1.05 bits per heavy atom. The van der Waals surface area contributed by atoms with Crippen molar-refractivity contribution in [2.45, 2.75) is 24.0 Å². The molecule has 0 heterocycles. The number of carbonyl (C=O) groups is 1. The third-order valence-corrected chi connectivity index (χ3v) is 3.86. The summed E-state index contributed by atoms with van der Waals surface area (Å²) in [6.07, 6.45) is 0. The third kappa shape index (κ3) is 4.14. The topological polar surface area (TPSA) is 29.1 Å². The van der Waals surface area contributed by atoms with Gasteiger partial charge in [0.2, 0.25) is 5.91 Å². The third-order valence-electron chi connectivity index (χ3n) is 2.74. The molecule has 2 rings (SSSR count). The second kappa shape index (κ2) is 6.43. The fourth-order valence-corrected chi connectivity index (χ4v) is 2.53. The summed E-state index contributed by atoms with van der Waals surface area (Å²) < 4.78 is 0. The molecule has 3 heteroatoms. The van der Waals surface area contributed by atoms with Crippen LogP contribution in [0.5, 0.6) is 0 Å². The zero-order valence-corrected chi connectivity index (χ0v) is 11.9. The maximum absolute atomic E-state index is 12.1. The average Bonchev–Trinajstić information content (AvgIpc) is 2.42. The normalized spacial score (nSPS) is 11.9. The van der Waals surface area contributed by atoms with Crippen LogP contribution in [0.2, 0.25) is 0 Å². The number of hydrogen-bond acceptors (Lipinski definition) is 2. The van der Waals surface area contributed by atoms with Gasteiger partial charge < -0.3 is 5.32 Å². The molecule has 0 aliphatic heterocycles. The Bertz CT molecular complexity index is 536. The van der Waals surface area contributed by atoms with E-state index in [-0.39, 0.29) is 11.2 Å². The highest BCUT2D eigenvalue weighted by atomic mass is 32.2. The molecule has 0 unspecified atom stereocenters. The fraction of sp³-hybridized carbons (Fsp3) is 0.188. The zero-order valence-electron chi connectivity index (χ0n) is 11.1. The van der Waals surface area contributed by atoms with Crippen molar-refractivity contribution < 1.29 is 4.79 Å². The lowest BCUT2D eigenvalue weighted by Gasteiger charge is -2.12. The summed E-state index contributed by atoms with van der Waals surface area (Å²) in [4.78, 5) is 13.2. The standard InChI is InChI=1S/C16H17NOS/c1-12-8-10-14(11-9-12)17-16(18)13(2)19-15-6-4-3-5-7-15/h3-11,13H,1-2H3,(H,17,18)/t13-/m1/s1. The first kappa shape index (κ1) is 13.7. The molecule has 2 aromatic carbocycles. The van der Waals surface area contributed by atoms with E-state index < -0.39 is 0 Å². The molecule has 0 aliphatic carbocycles. The van der Waals surface area contributed by atoms with Crippen LogP contribution in [0.4, 0.5) is 5.69 Å². The number of aryl methyl sites for hydroxylation is 1. The number of thioether (sulfide) groups is 1. The second-order valence-corrected chi connectivity index (χ2v) is 5.84. The van der Waals surface area contributed by atoms with Crippen LogP contribution in [0.3, 0.4) is 0 Å². The molecule has 2 aromatic rings. The molecular formula is C16H17NOS. The van der Waals surface area contributed by atoms with Crippen LogP contribution in [-0.4, -0.2) is 11.2 Å². The summed E-state index contributed by atoms with van der Waals surface area (Å²) in [6, 6.07) is 17.8. The first-order chi connectivity index (χ1) is 9.15. The lowest BCUT2D eigenvalue weighted by atomic mass is 10.2. The van der Waals surface area contributed by atoms with Crippen molar-refractivity contribution in [3.8, 4) is 0 Å². The lowest BCUT2D eigenvalue weighted by Crippen LogP contribution is -2.22. The summed E-state index contributed by atoms with van der Waals surface area (Å²) in [5.74, 6) is 0.0257. The molecule has 98 valence electrons. The number of rotatable bonds is 4. The monoisotopic (exact) mass is 271 g/mol. The summed E-state index contributed by atoms with van der Waals surface area (Å²) in [6.45, 7) is 3.95. The van der Waals surface area contributed by atoms with Gasteiger partial charge in [0.15, 0.2) is 0 Å². The van der Waals surface area contributed by atoms with Crippen molar-refractivity contribution >= 4 is 23.4 Å². The van der Waals surface area contributed by atoms with Gasteiger partial charge in [-0.2, -0.15) is 0 Å². The maximum atomic E-state index is 12.1. The van der Waals surface area contributed by atoms with E-state index >= 15 is 0 Å². The minimum atomic E-state index is -0.122. The minimum absolute atomic E-state index is 0.0257. The molecule has 0 aromatic heterocycles. The Morgan fingerprint density at radius 3 is 2.32 bits per heavy atom. The van der Waals surface area contributed by atoms with Crippen molar-refractivity contribution in [1.82, 2.24) is 0 Å². The molecular weight excluding hydrogens is 254 g/mol. The largest absolute Gasteiger partial charge is 0.325 e. The predicted octanol–water partition coefficient (Wildman–Crippen LogP) is 4.11. The van der Waals surface area contributed by atoms with Gasteiger partial charge in [0.1, 0.15) is 0 Å². The molecule has 1 amide bonds. The van der Waals surface area contributed by atoms with Crippen molar-refractivity contribution in [2.75, 3.05) is 5.32 Å². The predicted molar refractivity (Wildman–Crippen MR) is 81.6 cm³/mol. The number of amides is 1. The fourth-order valence-electron chi connectivity index (χ4n) is 1.64. The van der Waals surface area contributed by atoms with Gasteiger partial charge >= 0.3 is 0 Å². The number of benzene rings is 2. The van der Waals surface area contributed by atoms with Gasteiger partial charge in [-0.1, -0.05) is 35.9 Å². The molecule has 0 spiro atoms. The summed E-state index contributed by atoms with van der Waals surface area (Å²) in [5, 5.41) is 2.81. The van der Waals surface area contributed by atoms with Gasteiger partial charge in [0, 0.05) is 10.6 Å². The number of anilines is 1. The molecule has 0 aliphatic rings. The van der Waals surface area contributed by atoms with Crippen molar-refractivity contribution in [3.63, 3.8) is 0 Å². The number of nitrogens with one attached hydrogen (secondary N) is 1. The first-order valence-electron chi connectivity index (χ1n) is 6.24. The SMILES string of the molecule is Cc1ccc(NC(=O)[C@@H](C)Sc2ccccc2)cc1. The van der Waals surface area contributed by atoms with E-state index in [0.29, 0.717) is 0 Å². The number of carbonyl (C=O) groups excluding carboxylic acids is 1.